The van der Waals surface area contributed by atoms with E-state index in [0.29, 0.717) is 37.7 Å². The lowest BCUT2D eigenvalue weighted by Crippen LogP contribution is -2.40. The second-order valence-corrected chi connectivity index (χ2v) is 11.9. The second-order valence-electron chi connectivity index (χ2n) is 10.4. The Kier molecular flexibility index (Phi) is 7.43. The van der Waals surface area contributed by atoms with Crippen LogP contribution in [-0.4, -0.2) is 21.2 Å². The molecule has 2 aromatic heterocycles. The van der Waals surface area contributed by atoms with Crippen molar-refractivity contribution in [2.45, 2.75) is 39.5 Å². The van der Waals surface area contributed by atoms with Crippen molar-refractivity contribution in [3.8, 4) is 0 Å². The number of para-hydroxylation sites is 1. The molecular formula is C33H27ClFN3O3S. The molecule has 6 rings (SSSR count). The first-order chi connectivity index (χ1) is 20.2. The summed E-state index contributed by atoms with van der Waals surface area (Å²) in [5.41, 5.74) is 3.58. The average Bonchev–Trinajstić information content (AvgIpc) is 3.45. The molecule has 6 nitrogen and oxygen atoms in total. The Morgan fingerprint density at radius 1 is 1.10 bits per heavy atom. The van der Waals surface area contributed by atoms with Gasteiger partial charge in [0.05, 0.1) is 34.5 Å². The molecule has 0 fully saturated rings. The Morgan fingerprint density at radius 2 is 1.81 bits per heavy atom. The van der Waals surface area contributed by atoms with E-state index in [2.05, 4.69) is 4.99 Å². The van der Waals surface area contributed by atoms with E-state index in [-0.39, 0.29) is 17.5 Å². The van der Waals surface area contributed by atoms with Crippen LogP contribution in [0.15, 0.2) is 100 Å². The first-order valence-corrected chi connectivity index (χ1v) is 14.7. The number of hydrogen-bond acceptors (Lipinski definition) is 5. The molecule has 0 N–H and O–H groups in total. The van der Waals surface area contributed by atoms with Crippen molar-refractivity contribution >= 4 is 45.9 Å². The van der Waals surface area contributed by atoms with Crippen molar-refractivity contribution in [3.63, 3.8) is 0 Å². The predicted molar refractivity (Wildman–Crippen MR) is 164 cm³/mol. The summed E-state index contributed by atoms with van der Waals surface area (Å²) in [6.45, 7) is 5.67. The molecule has 5 aromatic rings. The standard InChI is InChI=1S/C33H27ClFN3O3S/c1-19(2)41-32(40)29-20(3)36-33-38(30(29)21-12-14-24(34)15-13-21)31(39)28(42-33)16-23-18-37(27-11-7-5-9-25(23)27)17-22-8-4-6-10-26(22)35/h4-16,18-19,30H,17H2,1-3H3/b28-16-/t30-/m1/s1. The summed E-state index contributed by atoms with van der Waals surface area (Å²) in [6, 6.07) is 20.9. The zero-order valence-corrected chi connectivity index (χ0v) is 24.7. The summed E-state index contributed by atoms with van der Waals surface area (Å²) < 4.78 is 24.1. The van der Waals surface area contributed by atoms with Gasteiger partial charge < -0.3 is 9.30 Å². The minimum atomic E-state index is -0.727. The summed E-state index contributed by atoms with van der Waals surface area (Å²) in [5, 5.41) is 1.48. The van der Waals surface area contributed by atoms with Crippen LogP contribution >= 0.6 is 22.9 Å². The molecule has 0 radical (unpaired) electrons. The Labute approximate surface area is 250 Å². The molecule has 212 valence electrons. The van der Waals surface area contributed by atoms with E-state index in [1.165, 1.54) is 17.4 Å². The minimum Gasteiger partial charge on any atom is -0.459 e. The maximum atomic E-state index is 14.5. The summed E-state index contributed by atoms with van der Waals surface area (Å²) in [6.07, 6.45) is 3.44. The fraction of sp³-hybridized carbons (Fsp3) is 0.182. The molecule has 0 unspecified atom stereocenters. The molecule has 0 saturated carbocycles. The average molecular weight is 600 g/mol. The number of benzene rings is 3. The quantitative estimate of drug-likeness (QED) is 0.226. The van der Waals surface area contributed by atoms with Crippen LogP contribution in [-0.2, 0) is 16.1 Å². The Hall–Kier alpha value is -4.27. The van der Waals surface area contributed by atoms with E-state index in [1.54, 1.807) is 49.6 Å². The van der Waals surface area contributed by atoms with Gasteiger partial charge in [-0.1, -0.05) is 71.5 Å². The van der Waals surface area contributed by atoms with Gasteiger partial charge in [-0.15, -0.1) is 0 Å². The molecule has 1 atom stereocenters. The number of aromatic nitrogens is 2. The lowest BCUT2D eigenvalue weighted by molar-refractivity contribution is -0.143. The number of halogens is 2. The van der Waals surface area contributed by atoms with Crippen LogP contribution in [0, 0.1) is 5.82 Å². The molecular weight excluding hydrogens is 573 g/mol. The molecule has 0 spiro atoms. The molecule has 3 heterocycles. The van der Waals surface area contributed by atoms with Crippen molar-refractivity contribution in [1.82, 2.24) is 9.13 Å². The van der Waals surface area contributed by atoms with Crippen LogP contribution in [0.2, 0.25) is 5.02 Å². The summed E-state index contributed by atoms with van der Waals surface area (Å²) in [7, 11) is 0. The number of carbonyl (C=O) groups excluding carboxylic acids is 1. The van der Waals surface area contributed by atoms with Crippen LogP contribution < -0.4 is 14.9 Å². The highest BCUT2D eigenvalue weighted by Crippen LogP contribution is 2.32. The maximum Gasteiger partial charge on any atom is 0.338 e. The first kappa shape index (κ1) is 27.9. The highest BCUT2D eigenvalue weighted by Gasteiger charge is 2.33. The molecule has 1 aliphatic rings. The van der Waals surface area contributed by atoms with E-state index in [0.717, 1.165) is 22.0 Å². The van der Waals surface area contributed by atoms with Crippen molar-refractivity contribution < 1.29 is 13.9 Å². The highest BCUT2D eigenvalue weighted by molar-refractivity contribution is 7.07. The van der Waals surface area contributed by atoms with Gasteiger partial charge in [-0.3, -0.25) is 9.36 Å². The summed E-state index contributed by atoms with van der Waals surface area (Å²) in [4.78, 5) is 32.5. The van der Waals surface area contributed by atoms with Gasteiger partial charge in [0.1, 0.15) is 5.82 Å². The van der Waals surface area contributed by atoms with Gasteiger partial charge in [-0.2, -0.15) is 0 Å². The zero-order valence-electron chi connectivity index (χ0n) is 23.2. The smallest absolute Gasteiger partial charge is 0.338 e. The Balaban J connectivity index is 1.51. The highest BCUT2D eigenvalue weighted by atomic mass is 35.5. The SMILES string of the molecule is CC1=C(C(=O)OC(C)C)[C@@H](c2ccc(Cl)cc2)n2c(s/c(=C\c3cn(Cc4ccccc4F)c4ccccc34)c2=O)=N1. The number of nitrogens with zero attached hydrogens (tertiary/aromatic N) is 3. The van der Waals surface area contributed by atoms with Crippen LogP contribution in [0.1, 0.15) is 43.5 Å². The number of carbonyl (C=O) groups is 1. The monoisotopic (exact) mass is 599 g/mol. The summed E-state index contributed by atoms with van der Waals surface area (Å²) in [5.74, 6) is -0.786. The van der Waals surface area contributed by atoms with E-state index >= 15 is 0 Å². The van der Waals surface area contributed by atoms with Crippen molar-refractivity contribution in [2.24, 2.45) is 4.99 Å². The van der Waals surface area contributed by atoms with Gasteiger partial charge in [-0.25, -0.2) is 14.2 Å². The maximum absolute atomic E-state index is 14.5. The Morgan fingerprint density at radius 3 is 2.55 bits per heavy atom. The molecule has 9 heteroatoms. The second kappa shape index (κ2) is 11.2. The lowest BCUT2D eigenvalue weighted by Gasteiger charge is -2.25. The number of hydrogen-bond donors (Lipinski definition) is 0. The molecule has 0 aliphatic carbocycles. The van der Waals surface area contributed by atoms with Crippen molar-refractivity contribution in [2.75, 3.05) is 0 Å². The van der Waals surface area contributed by atoms with E-state index in [1.807, 2.05) is 59.3 Å². The number of ether oxygens (including phenoxy) is 1. The third-order valence-corrected chi connectivity index (χ3v) is 8.41. The zero-order chi connectivity index (χ0) is 29.5. The van der Waals surface area contributed by atoms with Crippen LogP contribution in [0.25, 0.3) is 17.0 Å². The number of rotatable bonds is 6. The normalized spacial score (nSPS) is 15.3. The number of thiazole rings is 1. The number of allylic oxidation sites excluding steroid dienone is 1. The number of fused-ring (bicyclic) bond motifs is 2. The van der Waals surface area contributed by atoms with Crippen LogP contribution in [0.5, 0.6) is 0 Å². The van der Waals surface area contributed by atoms with E-state index in [9.17, 15) is 14.0 Å². The topological polar surface area (TPSA) is 65.6 Å². The molecule has 42 heavy (non-hydrogen) atoms. The van der Waals surface area contributed by atoms with Crippen LogP contribution in [0.3, 0.4) is 0 Å². The van der Waals surface area contributed by atoms with Gasteiger partial charge in [0.15, 0.2) is 4.80 Å². The fourth-order valence-corrected chi connectivity index (χ4v) is 6.46. The third kappa shape index (κ3) is 5.12. The van der Waals surface area contributed by atoms with Gasteiger partial charge in [-0.05, 0) is 56.7 Å². The Bertz CT molecular complexity index is 2050. The molecule has 0 saturated heterocycles. The van der Waals surface area contributed by atoms with Crippen molar-refractivity contribution in [1.29, 1.82) is 0 Å². The third-order valence-electron chi connectivity index (χ3n) is 7.17. The van der Waals surface area contributed by atoms with Gasteiger partial charge >= 0.3 is 5.97 Å². The lowest BCUT2D eigenvalue weighted by atomic mass is 9.96. The molecule has 0 amide bonds. The molecule has 3 aromatic carbocycles. The molecule has 1 aliphatic heterocycles. The van der Waals surface area contributed by atoms with Gasteiger partial charge in [0, 0.05) is 33.2 Å². The van der Waals surface area contributed by atoms with E-state index < -0.39 is 12.0 Å². The molecule has 0 bridgehead atoms. The minimum absolute atomic E-state index is 0.269. The largest absolute Gasteiger partial charge is 0.459 e. The van der Waals surface area contributed by atoms with Gasteiger partial charge in [0.25, 0.3) is 5.56 Å². The van der Waals surface area contributed by atoms with Crippen LogP contribution in [0.4, 0.5) is 4.39 Å². The van der Waals surface area contributed by atoms with Crippen molar-refractivity contribution in [3.05, 3.63) is 137 Å². The first-order valence-electron chi connectivity index (χ1n) is 13.5. The fourth-order valence-electron chi connectivity index (χ4n) is 5.29. The van der Waals surface area contributed by atoms with Gasteiger partial charge in [0.2, 0.25) is 0 Å². The number of esters is 1. The predicted octanol–water partition coefficient (Wildman–Crippen LogP) is 5.98. The summed E-state index contributed by atoms with van der Waals surface area (Å²) >= 11 is 7.43. The van der Waals surface area contributed by atoms with E-state index in [4.69, 9.17) is 16.3 Å².